The fourth-order valence-corrected chi connectivity index (χ4v) is 3.69. The molecule has 0 spiro atoms. The molecule has 6 nitrogen and oxygen atoms in total. The third kappa shape index (κ3) is 3.34. The molecule has 1 aliphatic rings. The number of hydrogen-bond acceptors (Lipinski definition) is 5. The van der Waals surface area contributed by atoms with Crippen molar-refractivity contribution in [2.24, 2.45) is 0 Å². The van der Waals surface area contributed by atoms with E-state index in [-0.39, 0.29) is 16.7 Å². The maximum Gasteiger partial charge on any atom is 0.240 e. The number of sulfone groups is 1. The second-order valence-corrected chi connectivity index (χ2v) is 7.96. The Hall–Kier alpha value is -1.38. The molecule has 0 aromatic heterocycles. The van der Waals surface area contributed by atoms with Gasteiger partial charge in [0.05, 0.1) is 16.7 Å². The van der Waals surface area contributed by atoms with Gasteiger partial charge in [0, 0.05) is 11.1 Å². The summed E-state index contributed by atoms with van der Waals surface area (Å²) in [5.41, 5.74) is 0.668. The van der Waals surface area contributed by atoms with Gasteiger partial charge in [-0.15, -0.1) is 0 Å². The SMILES string of the molecule is CNS(=O)(=O)c1ccc(NC2C=CS(=O)(=O)C2)cc1. The van der Waals surface area contributed by atoms with Gasteiger partial charge in [0.25, 0.3) is 0 Å². The molecule has 0 saturated heterocycles. The van der Waals surface area contributed by atoms with E-state index >= 15 is 0 Å². The van der Waals surface area contributed by atoms with Crippen LogP contribution in [0.25, 0.3) is 0 Å². The molecule has 0 saturated carbocycles. The average Bonchev–Trinajstić information content (AvgIpc) is 2.69. The van der Waals surface area contributed by atoms with Crippen LogP contribution in [0, 0.1) is 0 Å². The molecule has 0 radical (unpaired) electrons. The first-order chi connectivity index (χ1) is 8.82. The minimum absolute atomic E-state index is 0.0174. The van der Waals surface area contributed by atoms with Gasteiger partial charge in [-0.2, -0.15) is 0 Å². The molecule has 1 aromatic rings. The van der Waals surface area contributed by atoms with Crippen molar-refractivity contribution in [1.82, 2.24) is 4.72 Å². The molecule has 0 aliphatic carbocycles. The molecule has 1 heterocycles. The third-order valence-electron chi connectivity index (χ3n) is 2.72. The van der Waals surface area contributed by atoms with Crippen molar-refractivity contribution in [3.63, 3.8) is 0 Å². The van der Waals surface area contributed by atoms with Gasteiger partial charge in [-0.1, -0.05) is 6.08 Å². The molecule has 104 valence electrons. The Kier molecular flexibility index (Phi) is 3.66. The summed E-state index contributed by atoms with van der Waals surface area (Å²) in [6, 6.07) is 5.84. The van der Waals surface area contributed by atoms with E-state index in [0.717, 1.165) is 0 Å². The lowest BCUT2D eigenvalue weighted by Gasteiger charge is -2.12. The number of anilines is 1. The van der Waals surface area contributed by atoms with Gasteiger partial charge in [-0.25, -0.2) is 21.6 Å². The molecule has 2 rings (SSSR count). The van der Waals surface area contributed by atoms with Gasteiger partial charge in [0.15, 0.2) is 9.84 Å². The first-order valence-electron chi connectivity index (χ1n) is 5.53. The van der Waals surface area contributed by atoms with Crippen molar-refractivity contribution < 1.29 is 16.8 Å². The van der Waals surface area contributed by atoms with Crippen molar-refractivity contribution in [2.45, 2.75) is 10.9 Å². The zero-order chi connectivity index (χ0) is 14.1. The van der Waals surface area contributed by atoms with Gasteiger partial charge in [0.1, 0.15) is 0 Å². The monoisotopic (exact) mass is 302 g/mol. The van der Waals surface area contributed by atoms with Crippen LogP contribution >= 0.6 is 0 Å². The molecule has 0 amide bonds. The fraction of sp³-hybridized carbons (Fsp3) is 0.273. The largest absolute Gasteiger partial charge is 0.378 e. The minimum Gasteiger partial charge on any atom is -0.378 e. The summed E-state index contributed by atoms with van der Waals surface area (Å²) in [6.45, 7) is 0. The van der Waals surface area contributed by atoms with Crippen LogP contribution in [0.2, 0.25) is 0 Å². The van der Waals surface area contributed by atoms with E-state index in [9.17, 15) is 16.8 Å². The van der Waals surface area contributed by atoms with Crippen LogP contribution in [-0.2, 0) is 19.9 Å². The molecular weight excluding hydrogens is 288 g/mol. The predicted octanol–water partition coefficient (Wildman–Crippen LogP) is 0.317. The maximum atomic E-state index is 11.5. The molecular formula is C11H14N2O4S2. The Bertz CT molecular complexity index is 691. The minimum atomic E-state index is -3.45. The normalized spacial score (nSPS) is 21.4. The summed E-state index contributed by atoms with van der Waals surface area (Å²) in [5.74, 6) is 0.0174. The van der Waals surface area contributed by atoms with Gasteiger partial charge in [0.2, 0.25) is 10.0 Å². The summed E-state index contributed by atoms with van der Waals surface area (Å²) in [7, 11) is -5.21. The smallest absolute Gasteiger partial charge is 0.240 e. The van der Waals surface area contributed by atoms with E-state index in [1.54, 1.807) is 18.2 Å². The van der Waals surface area contributed by atoms with E-state index in [1.165, 1.54) is 24.6 Å². The van der Waals surface area contributed by atoms with Crippen LogP contribution in [0.4, 0.5) is 5.69 Å². The summed E-state index contributed by atoms with van der Waals surface area (Å²) < 4.78 is 47.7. The Balaban J connectivity index is 2.11. The quantitative estimate of drug-likeness (QED) is 0.835. The maximum absolute atomic E-state index is 11.5. The van der Waals surface area contributed by atoms with Crippen molar-refractivity contribution in [2.75, 3.05) is 18.1 Å². The fourth-order valence-electron chi connectivity index (χ4n) is 1.73. The number of sulfonamides is 1. The predicted molar refractivity (Wildman–Crippen MR) is 73.0 cm³/mol. The standard InChI is InChI=1S/C11H14N2O4S2/c1-12-19(16,17)11-4-2-9(3-5-11)13-10-6-7-18(14,15)8-10/h2-7,10,12-13H,8H2,1H3. The molecule has 0 bridgehead atoms. The molecule has 1 aromatic carbocycles. The molecule has 1 atom stereocenters. The molecule has 0 fully saturated rings. The van der Waals surface area contributed by atoms with Crippen LogP contribution in [0.3, 0.4) is 0 Å². The number of nitrogens with one attached hydrogen (secondary N) is 2. The van der Waals surface area contributed by atoms with Crippen molar-refractivity contribution in [3.8, 4) is 0 Å². The Morgan fingerprint density at radius 1 is 1.21 bits per heavy atom. The lowest BCUT2D eigenvalue weighted by atomic mass is 10.2. The van der Waals surface area contributed by atoms with Crippen molar-refractivity contribution >= 4 is 25.5 Å². The van der Waals surface area contributed by atoms with E-state index in [1.807, 2.05) is 0 Å². The first-order valence-corrected chi connectivity index (χ1v) is 8.73. The summed E-state index contributed by atoms with van der Waals surface area (Å²) in [4.78, 5) is 0.162. The highest BCUT2D eigenvalue weighted by Crippen LogP contribution is 2.17. The summed E-state index contributed by atoms with van der Waals surface area (Å²) in [5, 5.41) is 4.20. The van der Waals surface area contributed by atoms with Crippen LogP contribution < -0.4 is 10.0 Å². The molecule has 19 heavy (non-hydrogen) atoms. The molecule has 1 unspecified atom stereocenters. The van der Waals surface area contributed by atoms with E-state index in [0.29, 0.717) is 5.69 Å². The zero-order valence-electron chi connectivity index (χ0n) is 10.2. The van der Waals surface area contributed by atoms with Gasteiger partial charge < -0.3 is 5.32 Å². The van der Waals surface area contributed by atoms with Crippen LogP contribution in [-0.4, -0.2) is 35.7 Å². The molecule has 1 aliphatic heterocycles. The second kappa shape index (κ2) is 4.95. The highest BCUT2D eigenvalue weighted by molar-refractivity contribution is 7.94. The highest BCUT2D eigenvalue weighted by Gasteiger charge is 2.21. The van der Waals surface area contributed by atoms with Gasteiger partial charge >= 0.3 is 0 Å². The van der Waals surface area contributed by atoms with Crippen LogP contribution in [0.5, 0.6) is 0 Å². The van der Waals surface area contributed by atoms with Crippen molar-refractivity contribution in [3.05, 3.63) is 35.7 Å². The number of rotatable bonds is 4. The van der Waals surface area contributed by atoms with Crippen molar-refractivity contribution in [1.29, 1.82) is 0 Å². The van der Waals surface area contributed by atoms with Crippen LogP contribution in [0.1, 0.15) is 0 Å². The average molecular weight is 302 g/mol. The van der Waals surface area contributed by atoms with Gasteiger partial charge in [-0.3, -0.25) is 0 Å². The number of hydrogen-bond donors (Lipinski definition) is 2. The van der Waals surface area contributed by atoms with E-state index in [4.69, 9.17) is 0 Å². The Morgan fingerprint density at radius 2 is 1.84 bits per heavy atom. The lowest BCUT2D eigenvalue weighted by Crippen LogP contribution is -2.21. The van der Waals surface area contributed by atoms with E-state index < -0.39 is 19.9 Å². The zero-order valence-corrected chi connectivity index (χ0v) is 11.8. The Morgan fingerprint density at radius 3 is 2.32 bits per heavy atom. The second-order valence-electron chi connectivity index (χ2n) is 4.14. The van der Waals surface area contributed by atoms with Gasteiger partial charge in [-0.05, 0) is 31.3 Å². The Labute approximate surface area is 112 Å². The summed E-state index contributed by atoms with van der Waals surface area (Å²) >= 11 is 0. The third-order valence-corrected chi connectivity index (χ3v) is 5.54. The first kappa shape index (κ1) is 14.0. The molecule has 2 N–H and O–H groups in total. The van der Waals surface area contributed by atoms with Crippen LogP contribution in [0.15, 0.2) is 40.6 Å². The summed E-state index contributed by atoms with van der Waals surface area (Å²) in [6.07, 6.45) is 1.58. The highest BCUT2D eigenvalue weighted by atomic mass is 32.2. The lowest BCUT2D eigenvalue weighted by molar-refractivity contribution is 0.588. The van der Waals surface area contributed by atoms with E-state index in [2.05, 4.69) is 10.0 Å². The topological polar surface area (TPSA) is 92.3 Å². The molecule has 8 heteroatoms. The number of benzene rings is 1.